The second-order valence-corrected chi connectivity index (χ2v) is 3.86. The van der Waals surface area contributed by atoms with E-state index in [1.54, 1.807) is 0 Å². The van der Waals surface area contributed by atoms with E-state index in [9.17, 15) is 4.79 Å². The summed E-state index contributed by atoms with van der Waals surface area (Å²) in [6.07, 6.45) is 0. The molecule has 3 heterocycles. The molecule has 0 unspecified atom stereocenters. The van der Waals surface area contributed by atoms with E-state index in [2.05, 4.69) is 24.9 Å². The summed E-state index contributed by atoms with van der Waals surface area (Å²) in [4.78, 5) is 28.5. The molecule has 0 saturated heterocycles. The summed E-state index contributed by atoms with van der Waals surface area (Å²) in [5.74, 6) is 0. The lowest BCUT2D eigenvalue weighted by molar-refractivity contribution is 1.19. The van der Waals surface area contributed by atoms with Crippen LogP contribution in [-0.2, 0) is 0 Å². The average molecular weight is 225 g/mol. The van der Waals surface area contributed by atoms with E-state index in [-0.39, 0.29) is 5.69 Å². The Balaban J connectivity index is 2.29. The van der Waals surface area contributed by atoms with Crippen LogP contribution in [0.3, 0.4) is 0 Å². The molecule has 6 heteroatoms. The average Bonchev–Trinajstić information content (AvgIpc) is 2.82. The van der Waals surface area contributed by atoms with Gasteiger partial charge in [0.15, 0.2) is 5.65 Å². The number of hydrogen-bond acceptors (Lipinski definition) is 3. The van der Waals surface area contributed by atoms with Crippen molar-refractivity contribution in [2.75, 3.05) is 0 Å². The second-order valence-electron chi connectivity index (χ2n) is 3.86. The highest BCUT2D eigenvalue weighted by atomic mass is 16.1. The van der Waals surface area contributed by atoms with Crippen molar-refractivity contribution in [3.63, 3.8) is 0 Å². The molecular formula is C11H7N5O. The zero-order valence-corrected chi connectivity index (χ0v) is 8.61. The van der Waals surface area contributed by atoms with E-state index in [4.69, 9.17) is 0 Å². The van der Waals surface area contributed by atoms with Crippen LogP contribution in [0.5, 0.6) is 0 Å². The highest BCUT2D eigenvalue weighted by Crippen LogP contribution is 2.20. The van der Waals surface area contributed by atoms with Crippen LogP contribution in [0.2, 0.25) is 0 Å². The first-order chi connectivity index (χ1) is 8.31. The lowest BCUT2D eigenvalue weighted by Gasteiger charge is -1.95. The molecule has 4 aromatic rings. The van der Waals surface area contributed by atoms with Crippen molar-refractivity contribution in [1.29, 1.82) is 0 Å². The van der Waals surface area contributed by atoms with Crippen LogP contribution in [0, 0.1) is 0 Å². The number of nitrogens with one attached hydrogen (secondary N) is 3. The van der Waals surface area contributed by atoms with Gasteiger partial charge in [0, 0.05) is 0 Å². The molecule has 0 aliphatic heterocycles. The van der Waals surface area contributed by atoms with Gasteiger partial charge in [-0.2, -0.15) is 0 Å². The topological polar surface area (TPSA) is 90.2 Å². The summed E-state index contributed by atoms with van der Waals surface area (Å²) in [6, 6.07) is 7.62. The van der Waals surface area contributed by atoms with Crippen LogP contribution in [0.25, 0.3) is 33.4 Å². The number of para-hydroxylation sites is 2. The molecule has 3 aromatic heterocycles. The van der Waals surface area contributed by atoms with E-state index >= 15 is 0 Å². The zero-order valence-electron chi connectivity index (χ0n) is 8.61. The van der Waals surface area contributed by atoms with E-state index in [1.807, 2.05) is 24.3 Å². The fourth-order valence-electron chi connectivity index (χ4n) is 2.03. The van der Waals surface area contributed by atoms with Crippen LogP contribution in [0.15, 0.2) is 29.1 Å². The molecule has 0 bridgehead atoms. The number of rotatable bonds is 0. The number of benzene rings is 1. The molecule has 82 valence electrons. The quantitative estimate of drug-likeness (QED) is 0.421. The van der Waals surface area contributed by atoms with Crippen LogP contribution < -0.4 is 5.69 Å². The maximum atomic E-state index is 11.2. The summed E-state index contributed by atoms with van der Waals surface area (Å²) in [5.41, 5.74) is 4.03. The number of imidazole rings is 1. The van der Waals surface area contributed by atoms with Crippen molar-refractivity contribution in [3.8, 4) is 0 Å². The standard InChI is InChI=1S/C11H7N5O/c17-11-14-8-7-9(15-10(8)16-11)13-6-4-2-1-3-5(6)12-7/h1-4H,(H,13,15)(H2,14,16,17). The Hall–Kier alpha value is -2.63. The van der Waals surface area contributed by atoms with E-state index in [1.165, 1.54) is 0 Å². The molecule has 0 fully saturated rings. The van der Waals surface area contributed by atoms with Crippen LogP contribution in [-0.4, -0.2) is 24.9 Å². The van der Waals surface area contributed by atoms with Crippen molar-refractivity contribution in [2.24, 2.45) is 0 Å². The largest absolute Gasteiger partial charge is 0.325 e. The van der Waals surface area contributed by atoms with E-state index in [0.29, 0.717) is 22.3 Å². The Morgan fingerprint density at radius 3 is 2.53 bits per heavy atom. The first-order valence-electron chi connectivity index (χ1n) is 5.18. The fourth-order valence-corrected chi connectivity index (χ4v) is 2.03. The van der Waals surface area contributed by atoms with Gasteiger partial charge in [-0.15, -0.1) is 0 Å². The number of H-pyrrole nitrogens is 3. The van der Waals surface area contributed by atoms with Crippen molar-refractivity contribution in [2.45, 2.75) is 0 Å². The highest BCUT2D eigenvalue weighted by molar-refractivity contribution is 6.01. The Labute approximate surface area is 93.7 Å². The summed E-state index contributed by atoms with van der Waals surface area (Å²) in [7, 11) is 0. The molecule has 1 aromatic carbocycles. The lowest BCUT2D eigenvalue weighted by Crippen LogP contribution is -2.00. The molecule has 0 saturated carbocycles. The highest BCUT2D eigenvalue weighted by Gasteiger charge is 2.10. The number of nitrogens with zero attached hydrogens (tertiary/aromatic N) is 2. The number of hydrogen-bond donors (Lipinski definition) is 3. The monoisotopic (exact) mass is 225 g/mol. The molecule has 0 aliphatic rings. The van der Waals surface area contributed by atoms with Gasteiger partial charge in [-0.1, -0.05) is 12.1 Å². The molecule has 0 radical (unpaired) electrons. The number of aromatic amines is 3. The Morgan fingerprint density at radius 1 is 0.941 bits per heavy atom. The normalized spacial score (nSPS) is 11.8. The van der Waals surface area contributed by atoms with Gasteiger partial charge in [0.1, 0.15) is 16.7 Å². The first-order valence-corrected chi connectivity index (χ1v) is 5.18. The molecule has 0 aliphatic carbocycles. The lowest BCUT2D eigenvalue weighted by atomic mass is 10.3. The summed E-state index contributed by atoms with van der Waals surface area (Å²) in [5, 5.41) is 0. The van der Waals surface area contributed by atoms with Gasteiger partial charge in [-0.05, 0) is 12.1 Å². The number of fused-ring (bicyclic) bond motifs is 4. The molecule has 3 N–H and O–H groups in total. The molecule has 0 spiro atoms. The summed E-state index contributed by atoms with van der Waals surface area (Å²) >= 11 is 0. The molecule has 4 rings (SSSR count). The minimum absolute atomic E-state index is 0.247. The van der Waals surface area contributed by atoms with Gasteiger partial charge in [0.05, 0.1) is 11.0 Å². The third-order valence-corrected chi connectivity index (χ3v) is 2.78. The molecule has 17 heavy (non-hydrogen) atoms. The molecule has 0 amide bonds. The smallest absolute Gasteiger partial charge is 0.323 e. The van der Waals surface area contributed by atoms with Gasteiger partial charge < -0.3 is 9.97 Å². The predicted octanol–water partition coefficient (Wildman–Crippen LogP) is 1.28. The third kappa shape index (κ3) is 1.06. The number of aromatic nitrogens is 5. The SMILES string of the molecule is O=c1[nH]c2[nH]c3nc4ccccc4nc3c2[nH]1. The maximum absolute atomic E-state index is 11.2. The van der Waals surface area contributed by atoms with Gasteiger partial charge in [-0.3, -0.25) is 4.98 Å². The predicted molar refractivity (Wildman–Crippen MR) is 63.9 cm³/mol. The molecule has 0 atom stereocenters. The van der Waals surface area contributed by atoms with Gasteiger partial charge in [0.2, 0.25) is 0 Å². The first kappa shape index (κ1) is 8.51. The Morgan fingerprint density at radius 2 is 1.71 bits per heavy atom. The van der Waals surface area contributed by atoms with Gasteiger partial charge in [-0.25, -0.2) is 14.8 Å². The summed E-state index contributed by atoms with van der Waals surface area (Å²) < 4.78 is 0. The van der Waals surface area contributed by atoms with Crippen molar-refractivity contribution in [1.82, 2.24) is 24.9 Å². The maximum Gasteiger partial charge on any atom is 0.325 e. The third-order valence-electron chi connectivity index (χ3n) is 2.78. The van der Waals surface area contributed by atoms with E-state index < -0.39 is 0 Å². The Kier molecular flexibility index (Phi) is 1.37. The van der Waals surface area contributed by atoms with Gasteiger partial charge >= 0.3 is 5.69 Å². The summed E-state index contributed by atoms with van der Waals surface area (Å²) in [6.45, 7) is 0. The van der Waals surface area contributed by atoms with Gasteiger partial charge in [0.25, 0.3) is 0 Å². The minimum atomic E-state index is -0.247. The molecule has 6 nitrogen and oxygen atoms in total. The molecular weight excluding hydrogens is 218 g/mol. The van der Waals surface area contributed by atoms with Crippen molar-refractivity contribution >= 4 is 33.4 Å². The zero-order chi connectivity index (χ0) is 11.4. The van der Waals surface area contributed by atoms with Crippen LogP contribution in [0.1, 0.15) is 0 Å². The van der Waals surface area contributed by atoms with Crippen LogP contribution >= 0.6 is 0 Å². The Bertz CT molecular complexity index is 914. The van der Waals surface area contributed by atoms with Crippen molar-refractivity contribution in [3.05, 3.63) is 34.7 Å². The van der Waals surface area contributed by atoms with Crippen LogP contribution in [0.4, 0.5) is 0 Å². The van der Waals surface area contributed by atoms with E-state index in [0.717, 1.165) is 11.0 Å². The van der Waals surface area contributed by atoms with Crippen molar-refractivity contribution < 1.29 is 0 Å². The minimum Gasteiger partial charge on any atom is -0.323 e. The fraction of sp³-hybridized carbons (Fsp3) is 0. The second kappa shape index (κ2) is 2.73.